The van der Waals surface area contributed by atoms with Gasteiger partial charge in [-0.1, -0.05) is 0 Å². The molecule has 0 saturated heterocycles. The standard InChI is InChI=1S/C11H16N6O2/c1-16(2)7(18)4-5-17-9-8(15-11(17)12)10(19-3)14-6-13-9/h6H,4-5H2,1-3H3,(H2,12,15). The first kappa shape index (κ1) is 13.1. The molecule has 0 aliphatic rings. The fraction of sp³-hybridized carbons (Fsp3) is 0.455. The van der Waals surface area contributed by atoms with Crippen molar-refractivity contribution in [2.45, 2.75) is 13.0 Å². The Morgan fingerprint density at radius 3 is 2.84 bits per heavy atom. The fourth-order valence-electron chi connectivity index (χ4n) is 1.73. The number of imidazole rings is 1. The van der Waals surface area contributed by atoms with E-state index in [0.29, 0.717) is 36.0 Å². The Morgan fingerprint density at radius 2 is 2.21 bits per heavy atom. The highest BCUT2D eigenvalue weighted by molar-refractivity contribution is 5.79. The van der Waals surface area contributed by atoms with Crippen LogP contribution in [0.3, 0.4) is 0 Å². The molecular formula is C11H16N6O2. The Labute approximate surface area is 110 Å². The summed E-state index contributed by atoms with van der Waals surface area (Å²) in [5.74, 6) is 0.678. The molecule has 2 heterocycles. The predicted molar refractivity (Wildman–Crippen MR) is 69.6 cm³/mol. The summed E-state index contributed by atoms with van der Waals surface area (Å²) in [5.41, 5.74) is 6.91. The Hall–Kier alpha value is -2.38. The monoisotopic (exact) mass is 264 g/mol. The van der Waals surface area contributed by atoms with Crippen LogP contribution in [0.25, 0.3) is 11.2 Å². The van der Waals surface area contributed by atoms with Crippen LogP contribution in [0, 0.1) is 0 Å². The Bertz CT molecular complexity index is 606. The number of aryl methyl sites for hydroxylation is 1. The van der Waals surface area contributed by atoms with Gasteiger partial charge in [0.25, 0.3) is 0 Å². The number of methoxy groups -OCH3 is 1. The Balaban J connectivity index is 2.33. The van der Waals surface area contributed by atoms with Crippen LogP contribution in [0.15, 0.2) is 6.33 Å². The molecule has 19 heavy (non-hydrogen) atoms. The lowest BCUT2D eigenvalue weighted by Crippen LogP contribution is -2.23. The largest absolute Gasteiger partial charge is 0.479 e. The second-order valence-electron chi connectivity index (χ2n) is 4.21. The van der Waals surface area contributed by atoms with Gasteiger partial charge in [0.1, 0.15) is 6.33 Å². The number of ether oxygens (including phenoxy) is 1. The summed E-state index contributed by atoms with van der Waals surface area (Å²) in [4.78, 5) is 25.4. The zero-order valence-electron chi connectivity index (χ0n) is 11.1. The summed E-state index contributed by atoms with van der Waals surface area (Å²) >= 11 is 0. The second-order valence-corrected chi connectivity index (χ2v) is 4.21. The Morgan fingerprint density at radius 1 is 1.47 bits per heavy atom. The van der Waals surface area contributed by atoms with E-state index in [-0.39, 0.29) is 5.91 Å². The van der Waals surface area contributed by atoms with Crippen molar-refractivity contribution in [2.75, 3.05) is 26.9 Å². The maximum atomic E-state index is 11.6. The third kappa shape index (κ3) is 2.42. The highest BCUT2D eigenvalue weighted by atomic mass is 16.5. The van der Waals surface area contributed by atoms with E-state index < -0.39 is 0 Å². The summed E-state index contributed by atoms with van der Waals surface area (Å²) in [7, 11) is 4.93. The Kier molecular flexibility index (Phi) is 3.50. The smallest absolute Gasteiger partial charge is 0.245 e. The molecule has 8 nitrogen and oxygen atoms in total. The number of carbonyl (C=O) groups is 1. The highest BCUT2D eigenvalue weighted by Gasteiger charge is 2.15. The molecule has 2 rings (SSSR count). The van der Waals surface area contributed by atoms with Gasteiger partial charge >= 0.3 is 0 Å². The zero-order chi connectivity index (χ0) is 14.0. The first-order valence-electron chi connectivity index (χ1n) is 5.75. The van der Waals surface area contributed by atoms with E-state index >= 15 is 0 Å². The maximum absolute atomic E-state index is 11.6. The summed E-state index contributed by atoms with van der Waals surface area (Å²) in [6.45, 7) is 0.416. The minimum absolute atomic E-state index is 0.0160. The van der Waals surface area contributed by atoms with Crippen LogP contribution in [0.2, 0.25) is 0 Å². The van der Waals surface area contributed by atoms with Gasteiger partial charge in [-0.15, -0.1) is 0 Å². The van der Waals surface area contributed by atoms with Crippen LogP contribution in [0.4, 0.5) is 5.95 Å². The third-order valence-corrected chi connectivity index (χ3v) is 2.77. The first-order chi connectivity index (χ1) is 9.04. The fourth-order valence-corrected chi connectivity index (χ4v) is 1.73. The number of carbonyl (C=O) groups excluding carboxylic acids is 1. The van der Waals surface area contributed by atoms with Gasteiger partial charge < -0.3 is 15.4 Å². The molecule has 0 atom stereocenters. The van der Waals surface area contributed by atoms with Crippen LogP contribution in [-0.2, 0) is 11.3 Å². The van der Waals surface area contributed by atoms with Crippen LogP contribution >= 0.6 is 0 Å². The molecule has 0 aliphatic heterocycles. The number of hydrogen-bond acceptors (Lipinski definition) is 6. The van der Waals surface area contributed by atoms with Crippen molar-refractivity contribution in [1.29, 1.82) is 0 Å². The van der Waals surface area contributed by atoms with Crippen molar-refractivity contribution in [2.24, 2.45) is 0 Å². The lowest BCUT2D eigenvalue weighted by molar-refractivity contribution is -0.128. The molecule has 2 aromatic heterocycles. The van der Waals surface area contributed by atoms with Gasteiger partial charge in [-0.25, -0.2) is 9.97 Å². The summed E-state index contributed by atoms with van der Waals surface area (Å²) in [6, 6.07) is 0. The molecule has 2 N–H and O–H groups in total. The van der Waals surface area contributed by atoms with Gasteiger partial charge in [-0.05, 0) is 0 Å². The van der Waals surface area contributed by atoms with E-state index in [1.165, 1.54) is 18.3 Å². The van der Waals surface area contributed by atoms with Crippen LogP contribution < -0.4 is 10.5 Å². The van der Waals surface area contributed by atoms with E-state index in [1.54, 1.807) is 18.7 Å². The summed E-state index contributed by atoms with van der Waals surface area (Å²) in [6.07, 6.45) is 1.71. The molecule has 102 valence electrons. The third-order valence-electron chi connectivity index (χ3n) is 2.77. The van der Waals surface area contributed by atoms with E-state index in [0.717, 1.165) is 0 Å². The molecule has 0 fully saturated rings. The molecule has 1 amide bonds. The molecule has 0 aromatic carbocycles. The van der Waals surface area contributed by atoms with E-state index in [9.17, 15) is 4.79 Å². The first-order valence-corrected chi connectivity index (χ1v) is 5.75. The lowest BCUT2D eigenvalue weighted by Gasteiger charge is -2.11. The molecular weight excluding hydrogens is 248 g/mol. The molecule has 0 radical (unpaired) electrons. The van der Waals surface area contributed by atoms with E-state index in [1.807, 2.05) is 0 Å². The SMILES string of the molecule is COc1ncnc2c1nc(N)n2CCC(=O)N(C)C. The van der Waals surface area contributed by atoms with Crippen molar-refractivity contribution in [1.82, 2.24) is 24.4 Å². The van der Waals surface area contributed by atoms with Crippen LogP contribution in [-0.4, -0.2) is 51.5 Å². The van der Waals surface area contributed by atoms with Crippen molar-refractivity contribution in [3.05, 3.63) is 6.33 Å². The molecule has 0 saturated carbocycles. The van der Waals surface area contributed by atoms with Crippen molar-refractivity contribution in [3.8, 4) is 5.88 Å². The number of anilines is 1. The zero-order valence-corrected chi connectivity index (χ0v) is 11.1. The molecule has 2 aromatic rings. The average Bonchev–Trinajstić information content (AvgIpc) is 2.71. The van der Waals surface area contributed by atoms with Gasteiger partial charge in [0.05, 0.1) is 7.11 Å². The number of hydrogen-bond donors (Lipinski definition) is 1. The van der Waals surface area contributed by atoms with E-state index in [4.69, 9.17) is 10.5 Å². The maximum Gasteiger partial charge on any atom is 0.245 e. The number of amides is 1. The summed E-state index contributed by atoms with van der Waals surface area (Å²) in [5, 5.41) is 0. The molecule has 0 bridgehead atoms. The van der Waals surface area contributed by atoms with Crippen LogP contribution in [0.5, 0.6) is 5.88 Å². The van der Waals surface area contributed by atoms with Gasteiger partial charge in [-0.3, -0.25) is 9.36 Å². The predicted octanol–water partition coefficient (Wildman–Crippen LogP) is -0.105. The minimum atomic E-state index is 0.0160. The lowest BCUT2D eigenvalue weighted by atomic mass is 10.3. The molecule has 0 aliphatic carbocycles. The number of rotatable bonds is 4. The number of fused-ring (bicyclic) bond motifs is 1. The number of nitrogens with two attached hydrogens (primary N) is 1. The van der Waals surface area contributed by atoms with Crippen molar-refractivity contribution < 1.29 is 9.53 Å². The number of aromatic nitrogens is 4. The number of nitrogens with zero attached hydrogens (tertiary/aromatic N) is 5. The quantitative estimate of drug-likeness (QED) is 0.827. The molecule has 0 unspecified atom stereocenters. The van der Waals surface area contributed by atoms with Gasteiger partial charge in [0, 0.05) is 27.1 Å². The second kappa shape index (κ2) is 5.09. The summed E-state index contributed by atoms with van der Waals surface area (Å²) < 4.78 is 6.78. The minimum Gasteiger partial charge on any atom is -0.479 e. The van der Waals surface area contributed by atoms with Gasteiger partial charge in [0.2, 0.25) is 17.7 Å². The van der Waals surface area contributed by atoms with Gasteiger partial charge in [0.15, 0.2) is 11.2 Å². The average molecular weight is 264 g/mol. The normalized spacial score (nSPS) is 10.7. The molecule has 0 spiro atoms. The highest BCUT2D eigenvalue weighted by Crippen LogP contribution is 2.22. The number of nitrogen functional groups attached to an aromatic ring is 1. The molecule has 8 heteroatoms. The van der Waals surface area contributed by atoms with Crippen LogP contribution in [0.1, 0.15) is 6.42 Å². The van der Waals surface area contributed by atoms with E-state index in [2.05, 4.69) is 15.0 Å². The topological polar surface area (TPSA) is 99.2 Å². The van der Waals surface area contributed by atoms with Crippen molar-refractivity contribution in [3.63, 3.8) is 0 Å². The van der Waals surface area contributed by atoms with Crippen molar-refractivity contribution >= 4 is 23.0 Å². The van der Waals surface area contributed by atoms with Gasteiger partial charge in [-0.2, -0.15) is 4.98 Å².